The highest BCUT2D eigenvalue weighted by Crippen LogP contribution is 2.09. The molecule has 88 valence electrons. The first-order valence-electron chi connectivity index (χ1n) is 5.45. The summed E-state index contributed by atoms with van der Waals surface area (Å²) in [6.45, 7) is 6.81. The summed E-state index contributed by atoms with van der Waals surface area (Å²) < 4.78 is 0. The minimum Gasteiger partial charge on any atom is -0.352 e. The Morgan fingerprint density at radius 1 is 1.31 bits per heavy atom. The number of rotatable bonds is 4. The number of alkyl halides is 1. The lowest BCUT2D eigenvalue weighted by Crippen LogP contribution is -2.28. The van der Waals surface area contributed by atoms with E-state index in [0.29, 0.717) is 12.5 Å². The van der Waals surface area contributed by atoms with Gasteiger partial charge in [-0.05, 0) is 31.9 Å². The summed E-state index contributed by atoms with van der Waals surface area (Å²) in [6.07, 6.45) is 0. The van der Waals surface area contributed by atoms with Gasteiger partial charge >= 0.3 is 0 Å². The average Bonchev–Trinajstić information content (AvgIpc) is 2.23. The molecule has 1 N–H and O–H groups in total. The molecule has 1 aromatic rings. The summed E-state index contributed by atoms with van der Waals surface area (Å²) >= 11 is 3.39. The van der Waals surface area contributed by atoms with Crippen LogP contribution in [0.1, 0.15) is 28.4 Å². The Bertz CT molecular complexity index is 356. The third-order valence-electron chi connectivity index (χ3n) is 2.36. The number of carbonyl (C=O) groups is 1. The van der Waals surface area contributed by atoms with Crippen LogP contribution in [0.3, 0.4) is 0 Å². The SMILES string of the molecule is Cc1cc(C)cc(C(=O)NCC(C)CBr)c1. The van der Waals surface area contributed by atoms with Crippen LogP contribution >= 0.6 is 15.9 Å². The molecule has 0 fully saturated rings. The van der Waals surface area contributed by atoms with Gasteiger partial charge < -0.3 is 5.32 Å². The van der Waals surface area contributed by atoms with E-state index in [4.69, 9.17) is 0 Å². The van der Waals surface area contributed by atoms with Gasteiger partial charge in [0.2, 0.25) is 0 Å². The van der Waals surface area contributed by atoms with Crippen LogP contribution in [0.5, 0.6) is 0 Å². The highest BCUT2D eigenvalue weighted by molar-refractivity contribution is 9.09. The van der Waals surface area contributed by atoms with Gasteiger partial charge in [-0.2, -0.15) is 0 Å². The zero-order chi connectivity index (χ0) is 12.1. The van der Waals surface area contributed by atoms with Crippen LogP contribution in [0.25, 0.3) is 0 Å². The molecule has 0 spiro atoms. The van der Waals surface area contributed by atoms with Gasteiger partial charge in [0, 0.05) is 17.4 Å². The van der Waals surface area contributed by atoms with Crippen molar-refractivity contribution in [2.24, 2.45) is 5.92 Å². The van der Waals surface area contributed by atoms with Crippen LogP contribution in [0.15, 0.2) is 18.2 Å². The number of amides is 1. The molecule has 3 heteroatoms. The maximum atomic E-state index is 11.8. The van der Waals surface area contributed by atoms with Gasteiger partial charge in [0.1, 0.15) is 0 Å². The van der Waals surface area contributed by atoms with Crippen LogP contribution in [-0.4, -0.2) is 17.8 Å². The van der Waals surface area contributed by atoms with E-state index >= 15 is 0 Å². The topological polar surface area (TPSA) is 29.1 Å². The molecule has 0 aliphatic carbocycles. The smallest absolute Gasteiger partial charge is 0.251 e. The number of benzene rings is 1. The zero-order valence-electron chi connectivity index (χ0n) is 10.0. The average molecular weight is 284 g/mol. The van der Waals surface area contributed by atoms with Crippen molar-refractivity contribution in [2.75, 3.05) is 11.9 Å². The number of hydrogen-bond acceptors (Lipinski definition) is 1. The maximum absolute atomic E-state index is 11.8. The van der Waals surface area contributed by atoms with E-state index < -0.39 is 0 Å². The van der Waals surface area contributed by atoms with Crippen molar-refractivity contribution in [3.05, 3.63) is 34.9 Å². The Balaban J connectivity index is 2.66. The summed E-state index contributed by atoms with van der Waals surface area (Å²) in [5, 5.41) is 3.84. The van der Waals surface area contributed by atoms with Crippen molar-refractivity contribution < 1.29 is 4.79 Å². The molecule has 0 aliphatic rings. The van der Waals surface area contributed by atoms with Crippen LogP contribution < -0.4 is 5.32 Å². The minimum atomic E-state index is 0.0135. The Hall–Kier alpha value is -0.830. The second-order valence-corrected chi connectivity index (χ2v) is 4.99. The molecular weight excluding hydrogens is 266 g/mol. The predicted molar refractivity (Wildman–Crippen MR) is 71.2 cm³/mol. The Morgan fingerprint density at radius 2 is 1.88 bits per heavy atom. The molecule has 16 heavy (non-hydrogen) atoms. The lowest BCUT2D eigenvalue weighted by atomic mass is 10.1. The molecule has 1 amide bonds. The normalized spacial score (nSPS) is 12.2. The van der Waals surface area contributed by atoms with Gasteiger partial charge in [-0.25, -0.2) is 0 Å². The van der Waals surface area contributed by atoms with Gasteiger partial charge in [-0.15, -0.1) is 0 Å². The van der Waals surface area contributed by atoms with Crippen LogP contribution in [0.4, 0.5) is 0 Å². The molecule has 1 atom stereocenters. The monoisotopic (exact) mass is 283 g/mol. The van der Waals surface area contributed by atoms with E-state index in [-0.39, 0.29) is 5.91 Å². The van der Waals surface area contributed by atoms with Gasteiger partial charge in [0.25, 0.3) is 5.91 Å². The van der Waals surface area contributed by atoms with E-state index in [1.54, 1.807) is 0 Å². The molecule has 0 aromatic heterocycles. The number of carbonyl (C=O) groups excluding carboxylic acids is 1. The fourth-order valence-electron chi connectivity index (χ4n) is 1.53. The molecular formula is C13H18BrNO. The van der Waals surface area contributed by atoms with Crippen molar-refractivity contribution in [2.45, 2.75) is 20.8 Å². The number of nitrogens with one attached hydrogen (secondary N) is 1. The second-order valence-electron chi connectivity index (χ2n) is 4.35. The fourth-order valence-corrected chi connectivity index (χ4v) is 1.76. The van der Waals surface area contributed by atoms with Gasteiger partial charge in [0.05, 0.1) is 0 Å². The highest BCUT2D eigenvalue weighted by atomic mass is 79.9. The maximum Gasteiger partial charge on any atom is 0.251 e. The Kier molecular flexibility index (Phi) is 5.00. The fraction of sp³-hybridized carbons (Fsp3) is 0.462. The van der Waals surface area contributed by atoms with Crippen molar-refractivity contribution in [1.82, 2.24) is 5.32 Å². The van der Waals surface area contributed by atoms with E-state index in [0.717, 1.165) is 22.0 Å². The molecule has 0 saturated carbocycles. The number of halogens is 1. The van der Waals surface area contributed by atoms with E-state index in [2.05, 4.69) is 34.2 Å². The Morgan fingerprint density at radius 3 is 2.38 bits per heavy atom. The molecule has 1 aromatic carbocycles. The molecule has 2 nitrogen and oxygen atoms in total. The van der Waals surface area contributed by atoms with Crippen molar-refractivity contribution >= 4 is 21.8 Å². The van der Waals surface area contributed by atoms with Crippen molar-refractivity contribution in [3.63, 3.8) is 0 Å². The first-order chi connectivity index (χ1) is 7.52. The standard InChI is InChI=1S/C13H18BrNO/c1-9-4-10(2)6-12(5-9)13(16)15-8-11(3)7-14/h4-6,11H,7-8H2,1-3H3,(H,15,16). The lowest BCUT2D eigenvalue weighted by Gasteiger charge is -2.10. The third kappa shape index (κ3) is 3.97. The Labute approximate surface area is 106 Å². The van der Waals surface area contributed by atoms with Crippen molar-refractivity contribution in [3.8, 4) is 0 Å². The molecule has 0 aliphatic heterocycles. The van der Waals surface area contributed by atoms with E-state index in [1.165, 1.54) is 0 Å². The summed E-state index contributed by atoms with van der Waals surface area (Å²) in [5.74, 6) is 0.467. The first-order valence-corrected chi connectivity index (χ1v) is 6.57. The molecule has 0 saturated heterocycles. The van der Waals surface area contributed by atoms with E-state index in [9.17, 15) is 4.79 Å². The predicted octanol–water partition coefficient (Wildman–Crippen LogP) is 3.06. The largest absolute Gasteiger partial charge is 0.352 e. The molecule has 0 bridgehead atoms. The van der Waals surface area contributed by atoms with Gasteiger partial charge in [-0.1, -0.05) is 40.0 Å². The van der Waals surface area contributed by atoms with Gasteiger partial charge in [-0.3, -0.25) is 4.79 Å². The summed E-state index contributed by atoms with van der Waals surface area (Å²) in [6, 6.07) is 5.90. The molecule has 1 rings (SSSR count). The van der Waals surface area contributed by atoms with Crippen LogP contribution in [0, 0.1) is 19.8 Å². The minimum absolute atomic E-state index is 0.0135. The van der Waals surface area contributed by atoms with Crippen LogP contribution in [-0.2, 0) is 0 Å². The van der Waals surface area contributed by atoms with Crippen LogP contribution in [0.2, 0.25) is 0 Å². The van der Waals surface area contributed by atoms with E-state index in [1.807, 2.05) is 26.0 Å². The van der Waals surface area contributed by atoms with Crippen molar-refractivity contribution in [1.29, 1.82) is 0 Å². The molecule has 0 radical (unpaired) electrons. The summed E-state index contributed by atoms with van der Waals surface area (Å²) in [5.41, 5.74) is 3.00. The molecule has 0 heterocycles. The lowest BCUT2D eigenvalue weighted by molar-refractivity contribution is 0.0949. The summed E-state index contributed by atoms with van der Waals surface area (Å²) in [4.78, 5) is 11.8. The number of hydrogen-bond donors (Lipinski definition) is 1. The summed E-state index contributed by atoms with van der Waals surface area (Å²) in [7, 11) is 0. The third-order valence-corrected chi connectivity index (χ3v) is 3.46. The molecule has 1 unspecified atom stereocenters. The van der Waals surface area contributed by atoms with Gasteiger partial charge in [0.15, 0.2) is 0 Å². The quantitative estimate of drug-likeness (QED) is 0.846. The number of aryl methyl sites for hydroxylation is 2. The second kappa shape index (κ2) is 6.04. The first kappa shape index (κ1) is 13.2. The highest BCUT2D eigenvalue weighted by Gasteiger charge is 2.07. The zero-order valence-corrected chi connectivity index (χ0v) is 11.6.